The van der Waals surface area contributed by atoms with Gasteiger partial charge < -0.3 is 9.47 Å². The predicted octanol–water partition coefficient (Wildman–Crippen LogP) is 2.76. The van der Waals surface area contributed by atoms with Crippen molar-refractivity contribution in [2.45, 2.75) is 26.7 Å². The molecule has 3 rings (SSSR count). The summed E-state index contributed by atoms with van der Waals surface area (Å²) in [6.45, 7) is 8.09. The third kappa shape index (κ3) is 4.40. The van der Waals surface area contributed by atoms with Crippen LogP contribution in [0.25, 0.3) is 11.3 Å². The first-order valence-corrected chi connectivity index (χ1v) is 9.21. The molecule has 1 aliphatic heterocycles. The average Bonchev–Trinajstić information content (AvgIpc) is 3.12. The standard InChI is InChI=1S/C19H26N4O3/c1-3-25-19(24)18-17(20-22-21-18)15-8-4-5-9-16(15)26-12-11-23-10-6-7-14(2)13-23/h4-5,8-9,14H,3,6-7,10-13H2,1-2H3,(H,20,21,22). The van der Waals surface area contributed by atoms with Gasteiger partial charge in [-0.15, -0.1) is 5.10 Å². The van der Waals surface area contributed by atoms with Crippen molar-refractivity contribution in [3.63, 3.8) is 0 Å². The van der Waals surface area contributed by atoms with Gasteiger partial charge in [0.1, 0.15) is 18.1 Å². The van der Waals surface area contributed by atoms with Gasteiger partial charge in [0.05, 0.1) is 6.61 Å². The molecule has 1 aromatic heterocycles. The molecule has 2 heterocycles. The lowest BCUT2D eigenvalue weighted by Crippen LogP contribution is -2.37. The number of nitrogens with one attached hydrogen (secondary N) is 1. The van der Waals surface area contributed by atoms with E-state index >= 15 is 0 Å². The monoisotopic (exact) mass is 358 g/mol. The predicted molar refractivity (Wildman–Crippen MR) is 98.1 cm³/mol. The second-order valence-electron chi connectivity index (χ2n) is 6.63. The van der Waals surface area contributed by atoms with E-state index in [0.29, 0.717) is 18.1 Å². The zero-order valence-corrected chi connectivity index (χ0v) is 15.4. The van der Waals surface area contributed by atoms with Gasteiger partial charge in [0.25, 0.3) is 0 Å². The van der Waals surface area contributed by atoms with E-state index in [1.807, 2.05) is 24.3 Å². The molecule has 0 spiro atoms. The van der Waals surface area contributed by atoms with Gasteiger partial charge in [-0.05, 0) is 44.4 Å². The van der Waals surface area contributed by atoms with Crippen LogP contribution in [-0.2, 0) is 4.74 Å². The van der Waals surface area contributed by atoms with Crippen LogP contribution in [0.2, 0.25) is 0 Å². The van der Waals surface area contributed by atoms with Crippen molar-refractivity contribution in [2.24, 2.45) is 5.92 Å². The molecule has 0 bridgehead atoms. The number of hydrogen-bond acceptors (Lipinski definition) is 6. The third-order valence-electron chi connectivity index (χ3n) is 4.57. The molecule has 140 valence electrons. The summed E-state index contributed by atoms with van der Waals surface area (Å²) in [6.07, 6.45) is 2.56. The highest BCUT2D eigenvalue weighted by atomic mass is 16.5. The Labute approximate surface area is 153 Å². The topological polar surface area (TPSA) is 80.3 Å². The number of carbonyl (C=O) groups is 1. The van der Waals surface area contributed by atoms with E-state index in [-0.39, 0.29) is 12.3 Å². The van der Waals surface area contributed by atoms with Gasteiger partial charge >= 0.3 is 5.97 Å². The van der Waals surface area contributed by atoms with E-state index in [1.54, 1.807) is 6.92 Å². The van der Waals surface area contributed by atoms with Crippen molar-refractivity contribution in [1.29, 1.82) is 0 Å². The Morgan fingerprint density at radius 3 is 3.00 bits per heavy atom. The normalized spacial score (nSPS) is 17.8. The number of likely N-dealkylation sites (tertiary alicyclic amines) is 1. The van der Waals surface area contributed by atoms with E-state index < -0.39 is 5.97 Å². The lowest BCUT2D eigenvalue weighted by molar-refractivity contribution is 0.0520. The Balaban J connectivity index is 1.69. The van der Waals surface area contributed by atoms with Crippen LogP contribution in [0.1, 0.15) is 37.2 Å². The van der Waals surface area contributed by atoms with Crippen LogP contribution < -0.4 is 4.74 Å². The lowest BCUT2D eigenvalue weighted by atomic mass is 10.0. The SMILES string of the molecule is CCOC(=O)c1n[nH]nc1-c1ccccc1OCCN1CCCC(C)C1. The van der Waals surface area contributed by atoms with Gasteiger partial charge in [-0.2, -0.15) is 10.3 Å². The summed E-state index contributed by atoms with van der Waals surface area (Å²) in [6, 6.07) is 7.56. The minimum atomic E-state index is -0.492. The van der Waals surface area contributed by atoms with Crippen LogP contribution in [-0.4, -0.2) is 59.1 Å². The Hall–Kier alpha value is -2.41. The summed E-state index contributed by atoms with van der Waals surface area (Å²) < 4.78 is 11.1. The molecule has 1 aromatic carbocycles. The molecule has 26 heavy (non-hydrogen) atoms. The second-order valence-corrected chi connectivity index (χ2v) is 6.63. The third-order valence-corrected chi connectivity index (χ3v) is 4.57. The minimum Gasteiger partial charge on any atom is -0.492 e. The maximum Gasteiger partial charge on any atom is 0.361 e. The Kier molecular flexibility index (Phi) is 6.22. The molecule has 1 aliphatic rings. The highest BCUT2D eigenvalue weighted by Crippen LogP contribution is 2.30. The van der Waals surface area contributed by atoms with Crippen LogP contribution in [0, 0.1) is 5.92 Å². The summed E-state index contributed by atoms with van der Waals surface area (Å²) in [5, 5.41) is 10.6. The first-order valence-electron chi connectivity index (χ1n) is 9.21. The molecular formula is C19H26N4O3. The van der Waals surface area contributed by atoms with Crippen LogP contribution in [0.5, 0.6) is 5.75 Å². The van der Waals surface area contributed by atoms with Gasteiger partial charge in [-0.25, -0.2) is 4.79 Å². The maximum absolute atomic E-state index is 12.1. The van der Waals surface area contributed by atoms with E-state index in [2.05, 4.69) is 27.2 Å². The van der Waals surface area contributed by atoms with E-state index in [4.69, 9.17) is 9.47 Å². The van der Waals surface area contributed by atoms with Crippen molar-refractivity contribution in [3.05, 3.63) is 30.0 Å². The van der Waals surface area contributed by atoms with Crippen LogP contribution in [0.3, 0.4) is 0 Å². The minimum absolute atomic E-state index is 0.174. The molecule has 7 heteroatoms. The molecule has 0 saturated carbocycles. The molecule has 1 N–H and O–H groups in total. The number of esters is 1. The number of aromatic amines is 1. The molecule has 1 saturated heterocycles. The summed E-state index contributed by atoms with van der Waals surface area (Å²) in [7, 11) is 0. The summed E-state index contributed by atoms with van der Waals surface area (Å²) in [5.41, 5.74) is 1.36. The van der Waals surface area contributed by atoms with Gasteiger partial charge in [-0.1, -0.05) is 19.1 Å². The number of benzene rings is 1. The first kappa shape index (κ1) is 18.4. The molecule has 1 atom stereocenters. The highest BCUT2D eigenvalue weighted by Gasteiger charge is 2.22. The molecule has 7 nitrogen and oxygen atoms in total. The number of nitrogens with zero attached hydrogens (tertiary/aromatic N) is 3. The molecule has 0 radical (unpaired) electrons. The van der Waals surface area contributed by atoms with Crippen molar-refractivity contribution in [1.82, 2.24) is 20.3 Å². The van der Waals surface area contributed by atoms with Crippen LogP contribution >= 0.6 is 0 Å². The molecular weight excluding hydrogens is 332 g/mol. The molecule has 2 aromatic rings. The van der Waals surface area contributed by atoms with Crippen molar-refractivity contribution >= 4 is 5.97 Å². The van der Waals surface area contributed by atoms with Crippen LogP contribution in [0.4, 0.5) is 0 Å². The highest BCUT2D eigenvalue weighted by molar-refractivity contribution is 5.94. The Bertz CT molecular complexity index is 731. The number of para-hydroxylation sites is 1. The largest absolute Gasteiger partial charge is 0.492 e. The van der Waals surface area contributed by atoms with Crippen molar-refractivity contribution < 1.29 is 14.3 Å². The molecule has 0 aliphatic carbocycles. The first-order chi connectivity index (χ1) is 12.7. The molecule has 0 amide bonds. The summed E-state index contributed by atoms with van der Waals surface area (Å²) in [4.78, 5) is 14.5. The Morgan fingerprint density at radius 1 is 1.35 bits per heavy atom. The van der Waals surface area contributed by atoms with E-state index in [0.717, 1.165) is 31.1 Å². The number of hydrogen-bond donors (Lipinski definition) is 1. The number of ether oxygens (including phenoxy) is 2. The summed E-state index contributed by atoms with van der Waals surface area (Å²) in [5.74, 6) is 0.948. The lowest BCUT2D eigenvalue weighted by Gasteiger charge is -2.30. The van der Waals surface area contributed by atoms with Gasteiger partial charge in [0.2, 0.25) is 0 Å². The Morgan fingerprint density at radius 2 is 2.19 bits per heavy atom. The quantitative estimate of drug-likeness (QED) is 0.767. The molecule has 1 unspecified atom stereocenters. The fraction of sp³-hybridized carbons (Fsp3) is 0.526. The van der Waals surface area contributed by atoms with E-state index in [9.17, 15) is 4.79 Å². The fourth-order valence-corrected chi connectivity index (χ4v) is 3.32. The van der Waals surface area contributed by atoms with Crippen LogP contribution in [0.15, 0.2) is 24.3 Å². The smallest absolute Gasteiger partial charge is 0.361 e. The van der Waals surface area contributed by atoms with Gasteiger partial charge in [0, 0.05) is 18.7 Å². The maximum atomic E-state index is 12.1. The van der Waals surface area contributed by atoms with Gasteiger partial charge in [-0.3, -0.25) is 4.90 Å². The number of H-pyrrole nitrogens is 1. The number of rotatable bonds is 7. The summed E-state index contributed by atoms with van der Waals surface area (Å²) >= 11 is 0. The average molecular weight is 358 g/mol. The van der Waals surface area contributed by atoms with Gasteiger partial charge in [0.15, 0.2) is 5.69 Å². The number of carbonyl (C=O) groups excluding carboxylic acids is 1. The number of piperidine rings is 1. The zero-order valence-electron chi connectivity index (χ0n) is 15.4. The van der Waals surface area contributed by atoms with E-state index in [1.165, 1.54) is 12.8 Å². The molecule has 1 fully saturated rings. The van der Waals surface area contributed by atoms with Crippen molar-refractivity contribution in [3.8, 4) is 17.0 Å². The second kappa shape index (κ2) is 8.80. The zero-order chi connectivity index (χ0) is 18.4. The number of aromatic nitrogens is 3. The van der Waals surface area contributed by atoms with Crippen molar-refractivity contribution in [2.75, 3.05) is 32.8 Å². The fourth-order valence-electron chi connectivity index (χ4n) is 3.32.